The summed E-state index contributed by atoms with van der Waals surface area (Å²) in [6.07, 6.45) is -7.79. The van der Waals surface area contributed by atoms with Gasteiger partial charge in [-0.15, -0.1) is 0 Å². The predicted molar refractivity (Wildman–Crippen MR) is 57.3 cm³/mol. The van der Waals surface area contributed by atoms with Crippen molar-refractivity contribution in [3.63, 3.8) is 0 Å². The number of aliphatic hydroxyl groups is 1. The van der Waals surface area contributed by atoms with Gasteiger partial charge in [0.2, 0.25) is 0 Å². The van der Waals surface area contributed by atoms with E-state index in [2.05, 4.69) is 10.1 Å². The van der Waals surface area contributed by atoms with Crippen molar-refractivity contribution in [3.05, 3.63) is 41.5 Å². The van der Waals surface area contributed by atoms with Gasteiger partial charge in [0.05, 0.1) is 18.5 Å². The number of pyridine rings is 1. The van der Waals surface area contributed by atoms with E-state index in [0.29, 0.717) is 10.7 Å². The molecule has 0 atom stereocenters. The molecule has 0 aliphatic heterocycles. The third-order valence-electron chi connectivity index (χ3n) is 2.53. The van der Waals surface area contributed by atoms with E-state index >= 15 is 0 Å². The van der Waals surface area contributed by atoms with Crippen molar-refractivity contribution in [1.29, 1.82) is 0 Å². The lowest BCUT2D eigenvalue weighted by Gasteiger charge is -2.06. The van der Waals surface area contributed by atoms with E-state index in [1.807, 2.05) is 0 Å². The monoisotopic (exact) mass is 311 g/mol. The van der Waals surface area contributed by atoms with Crippen LogP contribution in [0.4, 0.5) is 26.3 Å². The van der Waals surface area contributed by atoms with Crippen molar-refractivity contribution in [2.75, 3.05) is 0 Å². The Morgan fingerprint density at radius 2 is 1.71 bits per heavy atom. The SMILES string of the molecule is OCc1cn(-c2ccc(C(F)(F)F)nc2)nc1C(F)(F)F. The van der Waals surface area contributed by atoms with E-state index in [1.54, 1.807) is 0 Å². The maximum atomic E-state index is 12.6. The van der Waals surface area contributed by atoms with Crippen LogP contribution in [0.3, 0.4) is 0 Å². The molecule has 10 heteroatoms. The molecule has 21 heavy (non-hydrogen) atoms. The Morgan fingerprint density at radius 3 is 2.10 bits per heavy atom. The van der Waals surface area contributed by atoms with Gasteiger partial charge in [-0.3, -0.25) is 0 Å². The van der Waals surface area contributed by atoms with Gasteiger partial charge in [-0.2, -0.15) is 31.4 Å². The van der Waals surface area contributed by atoms with E-state index in [0.717, 1.165) is 18.5 Å². The number of alkyl halides is 6. The third-order valence-corrected chi connectivity index (χ3v) is 2.53. The zero-order valence-electron chi connectivity index (χ0n) is 10.1. The van der Waals surface area contributed by atoms with Crippen molar-refractivity contribution < 1.29 is 31.4 Å². The number of rotatable bonds is 2. The summed E-state index contributed by atoms with van der Waals surface area (Å²) in [5.74, 6) is 0. The molecular formula is C11H7F6N3O. The summed E-state index contributed by atoms with van der Waals surface area (Å²) < 4.78 is 75.6. The summed E-state index contributed by atoms with van der Waals surface area (Å²) in [4.78, 5) is 3.12. The van der Waals surface area contributed by atoms with Crippen molar-refractivity contribution in [3.8, 4) is 5.69 Å². The van der Waals surface area contributed by atoms with Gasteiger partial charge < -0.3 is 5.11 Å². The Morgan fingerprint density at radius 1 is 1.05 bits per heavy atom. The maximum absolute atomic E-state index is 12.6. The molecule has 0 saturated carbocycles. The summed E-state index contributed by atoms with van der Waals surface area (Å²) in [5, 5.41) is 12.1. The fourth-order valence-electron chi connectivity index (χ4n) is 1.59. The Kier molecular flexibility index (Phi) is 3.66. The van der Waals surface area contributed by atoms with Crippen LogP contribution in [0.15, 0.2) is 24.5 Å². The van der Waals surface area contributed by atoms with Gasteiger partial charge in [0.15, 0.2) is 5.69 Å². The molecule has 2 aromatic rings. The highest BCUT2D eigenvalue weighted by molar-refractivity contribution is 5.32. The van der Waals surface area contributed by atoms with E-state index in [4.69, 9.17) is 5.11 Å². The Bertz CT molecular complexity index is 629. The maximum Gasteiger partial charge on any atom is 0.435 e. The number of hydrogen-bond acceptors (Lipinski definition) is 3. The van der Waals surface area contributed by atoms with E-state index in [-0.39, 0.29) is 5.69 Å². The molecule has 4 nitrogen and oxygen atoms in total. The molecule has 1 N–H and O–H groups in total. The van der Waals surface area contributed by atoms with Crippen LogP contribution in [0.1, 0.15) is 17.0 Å². The molecule has 0 bridgehead atoms. The van der Waals surface area contributed by atoms with Gasteiger partial charge in [-0.25, -0.2) is 9.67 Å². The number of nitrogens with zero attached hydrogens (tertiary/aromatic N) is 3. The van der Waals surface area contributed by atoms with Crippen molar-refractivity contribution in [1.82, 2.24) is 14.8 Å². The molecule has 0 spiro atoms. The van der Waals surface area contributed by atoms with Crippen LogP contribution in [0.2, 0.25) is 0 Å². The first-order valence-corrected chi connectivity index (χ1v) is 5.43. The Balaban J connectivity index is 2.41. The minimum atomic E-state index is -4.78. The predicted octanol–water partition coefficient (Wildman–Crippen LogP) is 2.80. The second kappa shape index (κ2) is 5.02. The first-order valence-electron chi connectivity index (χ1n) is 5.43. The zero-order valence-corrected chi connectivity index (χ0v) is 10.1. The molecule has 0 unspecified atom stereocenters. The first-order chi connectivity index (χ1) is 9.63. The van der Waals surface area contributed by atoms with Crippen LogP contribution in [-0.4, -0.2) is 19.9 Å². The minimum Gasteiger partial charge on any atom is -0.392 e. The number of aromatic nitrogens is 3. The molecule has 0 saturated heterocycles. The highest BCUT2D eigenvalue weighted by Gasteiger charge is 2.37. The molecule has 0 amide bonds. The van der Waals surface area contributed by atoms with Gasteiger partial charge in [0.25, 0.3) is 0 Å². The fraction of sp³-hybridized carbons (Fsp3) is 0.273. The molecule has 114 valence electrons. The van der Waals surface area contributed by atoms with Crippen LogP contribution in [-0.2, 0) is 19.0 Å². The molecule has 2 rings (SSSR count). The molecular weight excluding hydrogens is 304 g/mol. The normalized spacial score (nSPS) is 12.7. The average Bonchev–Trinajstić information content (AvgIpc) is 2.82. The smallest absolute Gasteiger partial charge is 0.392 e. The van der Waals surface area contributed by atoms with Gasteiger partial charge in [-0.1, -0.05) is 0 Å². The van der Waals surface area contributed by atoms with E-state index in [9.17, 15) is 26.3 Å². The lowest BCUT2D eigenvalue weighted by atomic mass is 10.2. The van der Waals surface area contributed by atoms with Crippen LogP contribution in [0.25, 0.3) is 5.69 Å². The molecule has 0 fully saturated rings. The highest BCUT2D eigenvalue weighted by atomic mass is 19.4. The van der Waals surface area contributed by atoms with Crippen LogP contribution in [0, 0.1) is 0 Å². The molecule has 2 heterocycles. The standard InChI is InChI=1S/C11H7F6N3O/c12-10(13,14)8-2-1-7(3-18-8)20-4-6(5-21)9(19-20)11(15,16)17/h1-4,21H,5H2. The third kappa shape index (κ3) is 3.15. The van der Waals surface area contributed by atoms with Gasteiger partial charge in [0, 0.05) is 11.8 Å². The van der Waals surface area contributed by atoms with Crippen molar-refractivity contribution in [2.45, 2.75) is 19.0 Å². The zero-order chi connectivity index (χ0) is 15.8. The summed E-state index contributed by atoms with van der Waals surface area (Å²) in [6, 6.07) is 1.56. The van der Waals surface area contributed by atoms with E-state index < -0.39 is 35.9 Å². The van der Waals surface area contributed by atoms with Gasteiger partial charge >= 0.3 is 12.4 Å². The number of hydrogen-bond donors (Lipinski definition) is 1. The molecule has 2 aromatic heterocycles. The minimum absolute atomic E-state index is 0.0896. The average molecular weight is 311 g/mol. The lowest BCUT2D eigenvalue weighted by molar-refractivity contribution is -0.142. The second-order valence-electron chi connectivity index (χ2n) is 4.00. The fourth-order valence-corrected chi connectivity index (χ4v) is 1.59. The van der Waals surface area contributed by atoms with Crippen LogP contribution < -0.4 is 0 Å². The molecule has 0 aromatic carbocycles. The number of halogens is 6. The molecule has 0 aliphatic rings. The first kappa shape index (κ1) is 15.3. The van der Waals surface area contributed by atoms with Crippen molar-refractivity contribution >= 4 is 0 Å². The molecule has 0 aliphatic carbocycles. The summed E-state index contributed by atoms with van der Waals surface area (Å²) in [7, 11) is 0. The van der Waals surface area contributed by atoms with E-state index in [1.165, 1.54) is 0 Å². The largest absolute Gasteiger partial charge is 0.435 e. The molecule has 0 radical (unpaired) electrons. The van der Waals surface area contributed by atoms with Gasteiger partial charge in [0.1, 0.15) is 5.69 Å². The summed E-state index contributed by atoms with van der Waals surface area (Å²) in [5.41, 5.74) is -3.04. The van der Waals surface area contributed by atoms with Crippen molar-refractivity contribution in [2.24, 2.45) is 0 Å². The summed E-state index contributed by atoms with van der Waals surface area (Å²) >= 11 is 0. The number of aliphatic hydroxyl groups excluding tert-OH is 1. The quantitative estimate of drug-likeness (QED) is 0.868. The second-order valence-corrected chi connectivity index (χ2v) is 4.00. The Hall–Kier alpha value is -2.10. The Labute approximate surface area is 113 Å². The lowest BCUT2D eigenvalue weighted by Crippen LogP contribution is -2.10. The van der Waals surface area contributed by atoms with Crippen LogP contribution >= 0.6 is 0 Å². The van der Waals surface area contributed by atoms with Gasteiger partial charge in [-0.05, 0) is 12.1 Å². The topological polar surface area (TPSA) is 50.9 Å². The summed E-state index contributed by atoms with van der Waals surface area (Å²) in [6.45, 7) is -0.900. The van der Waals surface area contributed by atoms with Crippen LogP contribution in [0.5, 0.6) is 0 Å². The highest BCUT2D eigenvalue weighted by Crippen LogP contribution is 2.32.